The van der Waals surface area contributed by atoms with Gasteiger partial charge in [0.1, 0.15) is 0 Å². The summed E-state index contributed by atoms with van der Waals surface area (Å²) < 4.78 is 0. The molecule has 0 saturated heterocycles. The smallest absolute Gasteiger partial charge is 0.244 e. The van der Waals surface area contributed by atoms with Gasteiger partial charge in [-0.15, -0.1) is 11.3 Å². The van der Waals surface area contributed by atoms with Gasteiger partial charge in [0.05, 0.1) is 10.4 Å². The van der Waals surface area contributed by atoms with E-state index in [0.717, 1.165) is 30.0 Å². The number of nitrogens with zero attached hydrogens (tertiary/aromatic N) is 2. The Kier molecular flexibility index (Phi) is 2.94. The Morgan fingerprint density at radius 3 is 3.00 bits per heavy atom. The maximum Gasteiger partial charge on any atom is 0.244 e. The third-order valence-corrected chi connectivity index (χ3v) is 4.30. The molecule has 0 radical (unpaired) electrons. The third kappa shape index (κ3) is 2.08. The highest BCUT2D eigenvalue weighted by molar-refractivity contribution is 7.13. The third-order valence-electron chi connectivity index (χ3n) is 3.44. The quantitative estimate of drug-likeness (QED) is 0.840. The normalized spacial score (nSPS) is 16.6. The predicted molar refractivity (Wildman–Crippen MR) is 73.6 cm³/mol. The highest BCUT2D eigenvalue weighted by atomic mass is 32.1. The van der Waals surface area contributed by atoms with E-state index in [1.807, 2.05) is 17.5 Å². The Bertz CT molecular complexity index is 598. The highest BCUT2D eigenvalue weighted by Crippen LogP contribution is 2.40. The molecule has 6 heteroatoms. The van der Waals surface area contributed by atoms with Gasteiger partial charge in [0.2, 0.25) is 5.91 Å². The second-order valence-electron chi connectivity index (χ2n) is 4.61. The van der Waals surface area contributed by atoms with E-state index in [-0.39, 0.29) is 5.91 Å². The minimum absolute atomic E-state index is 0.172. The van der Waals surface area contributed by atoms with Crippen LogP contribution in [-0.4, -0.2) is 21.1 Å². The lowest BCUT2D eigenvalue weighted by Gasteiger charge is -2.40. The Hall–Kier alpha value is -1.95. The summed E-state index contributed by atoms with van der Waals surface area (Å²) in [5.41, 5.74) is -0.395. The molecule has 0 atom stereocenters. The van der Waals surface area contributed by atoms with Crippen LogP contribution in [0.5, 0.6) is 0 Å². The van der Waals surface area contributed by atoms with Crippen LogP contribution >= 0.6 is 11.3 Å². The minimum atomic E-state index is -0.395. The fourth-order valence-electron chi connectivity index (χ4n) is 2.23. The lowest BCUT2D eigenvalue weighted by Crippen LogP contribution is -2.51. The lowest BCUT2D eigenvalue weighted by atomic mass is 9.76. The van der Waals surface area contributed by atoms with E-state index >= 15 is 0 Å². The molecule has 2 N–H and O–H groups in total. The van der Waals surface area contributed by atoms with Crippen LogP contribution in [0.3, 0.4) is 0 Å². The Balaban J connectivity index is 1.88. The second-order valence-corrected chi connectivity index (χ2v) is 5.56. The van der Waals surface area contributed by atoms with E-state index in [9.17, 15) is 4.79 Å². The molecule has 0 unspecified atom stereocenters. The maximum atomic E-state index is 11.5. The van der Waals surface area contributed by atoms with Gasteiger partial charge >= 0.3 is 0 Å². The molecule has 0 aromatic carbocycles. The zero-order valence-corrected chi connectivity index (χ0v) is 11.2. The highest BCUT2D eigenvalue weighted by Gasteiger charge is 2.42. The summed E-state index contributed by atoms with van der Waals surface area (Å²) in [5.74, 6) is 1.25. The van der Waals surface area contributed by atoms with Gasteiger partial charge in [0, 0.05) is 0 Å². The van der Waals surface area contributed by atoms with Gasteiger partial charge in [-0.25, -0.2) is 4.98 Å². The van der Waals surface area contributed by atoms with Gasteiger partial charge < -0.3 is 5.32 Å². The summed E-state index contributed by atoms with van der Waals surface area (Å²) >= 11 is 1.60. The van der Waals surface area contributed by atoms with Gasteiger partial charge in [-0.2, -0.15) is 5.10 Å². The number of nitrogens with one attached hydrogen (secondary N) is 2. The van der Waals surface area contributed by atoms with Crippen LogP contribution < -0.4 is 5.32 Å². The average molecular weight is 274 g/mol. The molecule has 0 spiro atoms. The first-order valence-electron chi connectivity index (χ1n) is 6.15. The van der Waals surface area contributed by atoms with Crippen LogP contribution in [0.1, 0.15) is 25.1 Å². The Labute approximate surface area is 114 Å². The lowest BCUT2D eigenvalue weighted by molar-refractivity contribution is -0.119. The summed E-state index contributed by atoms with van der Waals surface area (Å²) in [6, 6.07) is 3.95. The molecule has 1 amide bonds. The molecule has 3 rings (SSSR count). The van der Waals surface area contributed by atoms with Crippen molar-refractivity contribution in [3.63, 3.8) is 0 Å². The molecular weight excluding hydrogens is 260 g/mol. The molecule has 98 valence electrons. The van der Waals surface area contributed by atoms with Gasteiger partial charge in [-0.3, -0.25) is 9.89 Å². The standard InChI is InChI=1S/C13H14N4OS/c1-2-10(18)15-13(6-4-7-13)12-14-11(16-17-12)9-5-3-8-19-9/h2-3,5,8H,1,4,6-7H2,(H,15,18)(H,14,16,17). The summed E-state index contributed by atoms with van der Waals surface area (Å²) in [6.45, 7) is 3.49. The van der Waals surface area contributed by atoms with Crippen molar-refractivity contribution in [1.29, 1.82) is 0 Å². The first-order chi connectivity index (χ1) is 9.23. The number of thiophene rings is 1. The number of hydrogen-bond donors (Lipinski definition) is 2. The molecule has 1 aliphatic carbocycles. The van der Waals surface area contributed by atoms with Crippen LogP contribution in [0.2, 0.25) is 0 Å². The molecule has 0 bridgehead atoms. The summed E-state index contributed by atoms with van der Waals surface area (Å²) in [4.78, 5) is 17.1. The molecule has 2 aromatic rings. The summed E-state index contributed by atoms with van der Waals surface area (Å²) in [6.07, 6.45) is 4.13. The van der Waals surface area contributed by atoms with Crippen molar-refractivity contribution in [3.05, 3.63) is 36.0 Å². The van der Waals surface area contributed by atoms with E-state index in [0.29, 0.717) is 5.82 Å². The minimum Gasteiger partial charge on any atom is -0.340 e. The zero-order chi connectivity index (χ0) is 13.3. The average Bonchev–Trinajstić information content (AvgIpc) is 3.03. The van der Waals surface area contributed by atoms with Crippen molar-refractivity contribution in [2.45, 2.75) is 24.8 Å². The number of amides is 1. The number of aromatic nitrogens is 3. The first kappa shape index (κ1) is 12.1. The van der Waals surface area contributed by atoms with Crippen molar-refractivity contribution in [2.75, 3.05) is 0 Å². The molecule has 1 saturated carbocycles. The molecule has 2 aromatic heterocycles. The molecule has 2 heterocycles. The SMILES string of the molecule is C=CC(=O)NC1(c2nc(-c3cccs3)n[nH]2)CCC1. The largest absolute Gasteiger partial charge is 0.340 e. The topological polar surface area (TPSA) is 70.7 Å². The Morgan fingerprint density at radius 2 is 2.42 bits per heavy atom. The van der Waals surface area contributed by atoms with E-state index in [2.05, 4.69) is 27.1 Å². The molecule has 5 nitrogen and oxygen atoms in total. The van der Waals surface area contributed by atoms with E-state index in [1.54, 1.807) is 11.3 Å². The van der Waals surface area contributed by atoms with E-state index in [4.69, 9.17) is 0 Å². The van der Waals surface area contributed by atoms with Crippen molar-refractivity contribution in [1.82, 2.24) is 20.5 Å². The number of carbonyl (C=O) groups excluding carboxylic acids is 1. The van der Waals surface area contributed by atoms with Crippen LogP contribution in [0.15, 0.2) is 30.2 Å². The van der Waals surface area contributed by atoms with E-state index < -0.39 is 5.54 Å². The van der Waals surface area contributed by atoms with Crippen LogP contribution in [0.4, 0.5) is 0 Å². The summed E-state index contributed by atoms with van der Waals surface area (Å²) in [5, 5.41) is 12.2. The van der Waals surface area contributed by atoms with Gasteiger partial charge in [-0.05, 0) is 36.8 Å². The molecule has 1 aliphatic rings. The van der Waals surface area contributed by atoms with Crippen LogP contribution in [0.25, 0.3) is 10.7 Å². The molecule has 19 heavy (non-hydrogen) atoms. The maximum absolute atomic E-state index is 11.5. The molecule has 0 aliphatic heterocycles. The number of aromatic amines is 1. The molecular formula is C13H14N4OS. The van der Waals surface area contributed by atoms with Crippen molar-refractivity contribution < 1.29 is 4.79 Å². The number of hydrogen-bond acceptors (Lipinski definition) is 4. The van der Waals surface area contributed by atoms with Gasteiger partial charge in [-0.1, -0.05) is 12.6 Å². The van der Waals surface area contributed by atoms with Gasteiger partial charge in [0.25, 0.3) is 0 Å². The second kappa shape index (κ2) is 4.62. The Morgan fingerprint density at radius 1 is 1.58 bits per heavy atom. The summed E-state index contributed by atoms with van der Waals surface area (Å²) in [7, 11) is 0. The first-order valence-corrected chi connectivity index (χ1v) is 7.03. The van der Waals surface area contributed by atoms with Gasteiger partial charge in [0.15, 0.2) is 11.6 Å². The fourth-order valence-corrected chi connectivity index (χ4v) is 2.89. The zero-order valence-electron chi connectivity index (χ0n) is 10.3. The van der Waals surface area contributed by atoms with Crippen molar-refractivity contribution >= 4 is 17.2 Å². The molecule has 1 fully saturated rings. The van der Waals surface area contributed by atoms with Crippen LogP contribution in [-0.2, 0) is 10.3 Å². The van der Waals surface area contributed by atoms with Crippen molar-refractivity contribution in [2.24, 2.45) is 0 Å². The van der Waals surface area contributed by atoms with E-state index in [1.165, 1.54) is 6.08 Å². The van der Waals surface area contributed by atoms with Crippen molar-refractivity contribution in [3.8, 4) is 10.7 Å². The predicted octanol–water partition coefficient (Wildman–Crippen LogP) is 2.21. The number of rotatable bonds is 4. The fraction of sp³-hybridized carbons (Fsp3) is 0.308. The monoisotopic (exact) mass is 274 g/mol. The number of H-pyrrole nitrogens is 1. The van der Waals surface area contributed by atoms with Crippen LogP contribution in [0, 0.1) is 0 Å². The number of carbonyl (C=O) groups is 1.